The third-order valence-electron chi connectivity index (χ3n) is 16.0. The zero-order chi connectivity index (χ0) is 37.8. The summed E-state index contributed by atoms with van der Waals surface area (Å²) in [6.07, 6.45) is 9.97. The van der Waals surface area contributed by atoms with Crippen molar-refractivity contribution in [2.24, 2.45) is 71.0 Å². The molecule has 0 aromatic heterocycles. The molecule has 13 heteroatoms. The Morgan fingerprint density at radius 2 is 1.24 bits per heavy atom. The van der Waals surface area contributed by atoms with Gasteiger partial charge in [-0.25, -0.2) is 13.2 Å². The van der Waals surface area contributed by atoms with Gasteiger partial charge in [-0.05, 0) is 233 Å². The SMILES string of the molecule is O=C(OC1C2CC3C1OC(=O)C3C2C(=O)Oc1cc(C2C3CC4CC(C3)CC2C4)c(S(=O)(=O)[O-])c(C2C3CC4CC(C3)CC2C4)c1)c1cc(I)cc(I)c1I. The molecule has 1 saturated heterocycles. The number of esters is 3. The highest BCUT2D eigenvalue weighted by molar-refractivity contribution is 14.1. The van der Waals surface area contributed by atoms with Gasteiger partial charge in [0, 0.05) is 22.5 Å². The standard InChI is InChI=1S/C42H43I3O9S/c43-24-11-30(36(45)31(44)12-24)40(46)53-37-26-15-27-35(42(48)54-38(27)37)34(26)41(47)52-25-13-28(32-20-3-16-1-17(5-20)6-21(32)4-16)39(55(49,50)51)29(14-25)33-22-7-18-2-19(9-22)10-23(33)8-18/h11-14,16-23,26-27,32-35,37-38H,1-10,15H2,(H,49,50,51)/p-1. The average molecular weight is 1100 g/mol. The maximum Gasteiger partial charge on any atom is 0.339 e. The van der Waals surface area contributed by atoms with Gasteiger partial charge in [-0.2, -0.15) is 0 Å². The third-order valence-corrected chi connectivity index (χ3v) is 20.7. The van der Waals surface area contributed by atoms with Crippen LogP contribution in [0.4, 0.5) is 0 Å². The molecule has 0 radical (unpaired) electrons. The number of hydrogen-bond donors (Lipinski definition) is 0. The second-order valence-corrected chi connectivity index (χ2v) is 23.7. The van der Waals surface area contributed by atoms with Crippen LogP contribution in [0.3, 0.4) is 0 Å². The summed E-state index contributed by atoms with van der Waals surface area (Å²) in [6.45, 7) is 0. The van der Waals surface area contributed by atoms with E-state index in [1.165, 1.54) is 12.8 Å². The van der Waals surface area contributed by atoms with Crippen LogP contribution >= 0.6 is 67.8 Å². The smallest absolute Gasteiger partial charge is 0.339 e. The molecule has 10 saturated carbocycles. The van der Waals surface area contributed by atoms with E-state index in [0.717, 1.165) is 62.1 Å². The molecular weight excluding hydrogens is 1060 g/mol. The van der Waals surface area contributed by atoms with Crippen LogP contribution in [0.2, 0.25) is 0 Å². The number of rotatable bonds is 7. The van der Waals surface area contributed by atoms with E-state index in [1.54, 1.807) is 18.2 Å². The molecule has 9 nitrogen and oxygen atoms in total. The Kier molecular flexibility index (Phi) is 8.89. The second-order valence-electron chi connectivity index (χ2n) is 18.9. The topological polar surface area (TPSA) is 136 Å². The maximum atomic E-state index is 14.6. The summed E-state index contributed by atoms with van der Waals surface area (Å²) in [4.78, 5) is 41.6. The molecule has 0 amide bonds. The molecule has 2 aromatic rings. The Morgan fingerprint density at radius 1 is 0.709 bits per heavy atom. The number of benzene rings is 2. The Balaban J connectivity index is 0.964. The van der Waals surface area contributed by atoms with Gasteiger partial charge in [-0.3, -0.25) is 9.59 Å². The first-order valence-corrected chi connectivity index (χ1v) is 24.8. The van der Waals surface area contributed by atoms with E-state index in [2.05, 4.69) is 67.8 Å². The van der Waals surface area contributed by atoms with E-state index in [0.29, 0.717) is 70.5 Å². The third kappa shape index (κ3) is 5.88. The van der Waals surface area contributed by atoms with Crippen molar-refractivity contribution in [3.05, 3.63) is 51.7 Å². The van der Waals surface area contributed by atoms with Gasteiger partial charge in [0.25, 0.3) is 0 Å². The lowest BCUT2D eigenvalue weighted by Gasteiger charge is -2.56. The lowest BCUT2D eigenvalue weighted by molar-refractivity contribution is -0.149. The summed E-state index contributed by atoms with van der Waals surface area (Å²) in [7, 11) is -4.86. The number of fused-ring (bicyclic) bond motifs is 1. The molecule has 55 heavy (non-hydrogen) atoms. The van der Waals surface area contributed by atoms with E-state index in [4.69, 9.17) is 14.2 Å². The molecule has 11 fully saturated rings. The highest BCUT2D eigenvalue weighted by Crippen LogP contribution is 2.64. The Hall–Kier alpha value is -1.05. The first-order valence-electron chi connectivity index (χ1n) is 20.2. The Labute approximate surface area is 362 Å². The Morgan fingerprint density at radius 3 is 1.75 bits per heavy atom. The number of hydrogen-bond acceptors (Lipinski definition) is 9. The van der Waals surface area contributed by atoms with Crippen molar-refractivity contribution < 1.29 is 41.6 Å². The van der Waals surface area contributed by atoms with Crippen molar-refractivity contribution in [2.75, 3.05) is 0 Å². The summed E-state index contributed by atoms with van der Waals surface area (Å²) in [5, 5.41) is 0. The van der Waals surface area contributed by atoms with E-state index in [1.807, 2.05) is 6.07 Å². The largest absolute Gasteiger partial charge is 0.744 e. The molecule has 1 aliphatic heterocycles. The lowest BCUT2D eigenvalue weighted by atomic mass is 9.49. The number of carbonyl (C=O) groups excluding carboxylic acids is 3. The van der Waals surface area contributed by atoms with E-state index >= 15 is 0 Å². The fraction of sp³-hybridized carbons (Fsp3) is 0.643. The predicted octanol–water partition coefficient (Wildman–Crippen LogP) is 8.42. The first kappa shape index (κ1) is 37.0. The van der Waals surface area contributed by atoms with Crippen LogP contribution in [-0.2, 0) is 29.2 Å². The molecule has 6 unspecified atom stereocenters. The van der Waals surface area contributed by atoms with Crippen LogP contribution in [0.25, 0.3) is 0 Å². The van der Waals surface area contributed by atoms with Crippen LogP contribution in [0.5, 0.6) is 5.75 Å². The van der Waals surface area contributed by atoms with Crippen molar-refractivity contribution in [3.63, 3.8) is 0 Å². The molecule has 1 heterocycles. The van der Waals surface area contributed by atoms with Gasteiger partial charge >= 0.3 is 17.9 Å². The van der Waals surface area contributed by atoms with E-state index in [-0.39, 0.29) is 28.4 Å². The second kappa shape index (κ2) is 13.2. The minimum atomic E-state index is -4.86. The highest BCUT2D eigenvalue weighted by atomic mass is 127. The van der Waals surface area contributed by atoms with Crippen molar-refractivity contribution >= 4 is 95.8 Å². The molecule has 2 aromatic carbocycles. The summed E-state index contributed by atoms with van der Waals surface area (Å²) < 4.78 is 61.8. The zero-order valence-corrected chi connectivity index (χ0v) is 37.3. The summed E-state index contributed by atoms with van der Waals surface area (Å²) in [5.74, 6) is 0.135. The van der Waals surface area contributed by atoms with Gasteiger partial charge in [0.2, 0.25) is 0 Å². The van der Waals surface area contributed by atoms with Crippen LogP contribution < -0.4 is 4.74 Å². The van der Waals surface area contributed by atoms with Crippen LogP contribution in [0, 0.1) is 81.7 Å². The van der Waals surface area contributed by atoms with E-state index < -0.39 is 58.0 Å². The molecule has 292 valence electrons. The number of ether oxygens (including phenoxy) is 3. The molecule has 0 spiro atoms. The molecule has 0 N–H and O–H groups in total. The molecular formula is C42H42I3O9S-. The van der Waals surface area contributed by atoms with Crippen LogP contribution in [0.15, 0.2) is 29.2 Å². The predicted molar refractivity (Wildman–Crippen MR) is 222 cm³/mol. The van der Waals surface area contributed by atoms with Gasteiger partial charge in [0.05, 0.1) is 22.3 Å². The molecule has 11 aliphatic rings. The normalized spacial score (nSPS) is 42.6. The highest BCUT2D eigenvalue weighted by Gasteiger charge is 2.70. The molecule has 13 rings (SSSR count). The summed E-state index contributed by atoms with van der Waals surface area (Å²) >= 11 is 6.50. The molecule has 10 bridgehead atoms. The van der Waals surface area contributed by atoms with Gasteiger partial charge < -0.3 is 18.8 Å². The lowest BCUT2D eigenvalue weighted by Crippen LogP contribution is -2.45. The quantitative estimate of drug-likeness (QED) is 0.0881. The van der Waals surface area contributed by atoms with Gasteiger partial charge in [-0.15, -0.1) is 0 Å². The first-order chi connectivity index (χ1) is 26.3. The van der Waals surface area contributed by atoms with Gasteiger partial charge in [0.1, 0.15) is 28.1 Å². The summed E-state index contributed by atoms with van der Waals surface area (Å²) in [6, 6.07) is 7.20. The minimum Gasteiger partial charge on any atom is -0.744 e. The maximum absolute atomic E-state index is 14.6. The van der Waals surface area contributed by atoms with Crippen molar-refractivity contribution in [1.29, 1.82) is 0 Å². The average Bonchev–Trinajstić information content (AvgIpc) is 3.72. The zero-order valence-electron chi connectivity index (χ0n) is 30.0. The van der Waals surface area contributed by atoms with Gasteiger partial charge in [0.15, 0.2) is 0 Å². The van der Waals surface area contributed by atoms with Crippen molar-refractivity contribution in [3.8, 4) is 5.75 Å². The number of carbonyl (C=O) groups is 3. The molecule has 10 aliphatic carbocycles. The van der Waals surface area contributed by atoms with Crippen LogP contribution in [0.1, 0.15) is 104 Å². The van der Waals surface area contributed by atoms with Crippen molar-refractivity contribution in [1.82, 2.24) is 0 Å². The number of halogens is 3. The Bertz CT molecular complexity index is 2040. The fourth-order valence-electron chi connectivity index (χ4n) is 14.9. The van der Waals surface area contributed by atoms with Crippen LogP contribution in [-0.4, -0.2) is 43.1 Å². The van der Waals surface area contributed by atoms with Crippen molar-refractivity contribution in [2.45, 2.75) is 99.6 Å². The minimum absolute atomic E-state index is 0.0313. The summed E-state index contributed by atoms with van der Waals surface area (Å²) in [5.41, 5.74) is 1.57. The van der Waals surface area contributed by atoms with Gasteiger partial charge in [-0.1, -0.05) is 0 Å². The monoisotopic (exact) mass is 1100 g/mol. The molecule has 6 atom stereocenters. The van der Waals surface area contributed by atoms with E-state index in [9.17, 15) is 27.4 Å². The fourth-order valence-corrected chi connectivity index (χ4v) is 18.2.